The molecular formula is C16H16OS. The number of rotatable bonds is 4. The number of ketones is 1. The predicted octanol–water partition coefficient (Wildman–Crippen LogP) is 4.21. The van der Waals surface area contributed by atoms with E-state index in [9.17, 15) is 4.79 Å². The first-order valence-corrected chi connectivity index (χ1v) is 7.14. The SMILES string of the molecule is CSc1ccc(-c2cccc(CC(C)=O)c2)cc1. The predicted molar refractivity (Wildman–Crippen MR) is 78.0 cm³/mol. The third-order valence-corrected chi connectivity index (χ3v) is 3.55. The summed E-state index contributed by atoms with van der Waals surface area (Å²) in [5.41, 5.74) is 3.44. The minimum atomic E-state index is 0.199. The van der Waals surface area contributed by atoms with Crippen molar-refractivity contribution in [2.24, 2.45) is 0 Å². The summed E-state index contributed by atoms with van der Waals surface area (Å²) >= 11 is 1.74. The van der Waals surface area contributed by atoms with Crippen molar-refractivity contribution in [1.82, 2.24) is 0 Å². The first-order chi connectivity index (χ1) is 8.69. The van der Waals surface area contributed by atoms with Crippen molar-refractivity contribution in [2.45, 2.75) is 18.2 Å². The van der Waals surface area contributed by atoms with E-state index in [4.69, 9.17) is 0 Å². The van der Waals surface area contributed by atoms with Gasteiger partial charge in [0.2, 0.25) is 0 Å². The fourth-order valence-electron chi connectivity index (χ4n) is 1.93. The zero-order chi connectivity index (χ0) is 13.0. The van der Waals surface area contributed by atoms with Crippen LogP contribution in [0, 0.1) is 0 Å². The second-order valence-corrected chi connectivity index (χ2v) is 5.19. The number of carbonyl (C=O) groups is 1. The number of carbonyl (C=O) groups excluding carboxylic acids is 1. The van der Waals surface area contributed by atoms with E-state index in [-0.39, 0.29) is 5.78 Å². The zero-order valence-corrected chi connectivity index (χ0v) is 11.5. The maximum Gasteiger partial charge on any atom is 0.134 e. The Bertz CT molecular complexity index is 543. The van der Waals surface area contributed by atoms with Gasteiger partial charge < -0.3 is 0 Å². The standard InChI is InChI=1S/C16H16OS/c1-12(17)10-13-4-3-5-15(11-13)14-6-8-16(18-2)9-7-14/h3-9,11H,10H2,1-2H3. The maximum atomic E-state index is 11.1. The Morgan fingerprint density at radius 1 is 1.06 bits per heavy atom. The summed E-state index contributed by atoms with van der Waals surface area (Å²) in [5.74, 6) is 0.199. The van der Waals surface area contributed by atoms with E-state index in [2.05, 4.69) is 42.7 Å². The van der Waals surface area contributed by atoms with E-state index < -0.39 is 0 Å². The van der Waals surface area contributed by atoms with Crippen LogP contribution in [0.25, 0.3) is 11.1 Å². The molecule has 0 spiro atoms. The fraction of sp³-hybridized carbons (Fsp3) is 0.188. The van der Waals surface area contributed by atoms with Crippen molar-refractivity contribution in [3.8, 4) is 11.1 Å². The molecule has 0 amide bonds. The Balaban J connectivity index is 2.29. The lowest BCUT2D eigenvalue weighted by atomic mass is 10.0. The van der Waals surface area contributed by atoms with Crippen LogP contribution in [0.3, 0.4) is 0 Å². The highest BCUT2D eigenvalue weighted by molar-refractivity contribution is 7.98. The van der Waals surface area contributed by atoms with Crippen LogP contribution in [0.2, 0.25) is 0 Å². The molecule has 2 aromatic rings. The molecule has 0 atom stereocenters. The van der Waals surface area contributed by atoms with Gasteiger partial charge in [0.25, 0.3) is 0 Å². The molecule has 0 radical (unpaired) electrons. The number of hydrogen-bond acceptors (Lipinski definition) is 2. The number of thioether (sulfide) groups is 1. The monoisotopic (exact) mass is 256 g/mol. The number of hydrogen-bond donors (Lipinski definition) is 0. The van der Waals surface area contributed by atoms with Gasteiger partial charge in [-0.15, -0.1) is 11.8 Å². The summed E-state index contributed by atoms with van der Waals surface area (Å²) in [6.45, 7) is 1.62. The van der Waals surface area contributed by atoms with Gasteiger partial charge in [0, 0.05) is 11.3 Å². The van der Waals surface area contributed by atoms with E-state index in [0.29, 0.717) is 6.42 Å². The maximum absolute atomic E-state index is 11.1. The highest BCUT2D eigenvalue weighted by atomic mass is 32.2. The lowest BCUT2D eigenvalue weighted by Gasteiger charge is -2.05. The van der Waals surface area contributed by atoms with E-state index >= 15 is 0 Å². The smallest absolute Gasteiger partial charge is 0.134 e. The second kappa shape index (κ2) is 5.87. The molecule has 0 N–H and O–H groups in total. The minimum absolute atomic E-state index is 0.199. The Hall–Kier alpha value is -1.54. The number of Topliss-reactive ketones (excluding diaryl/α,β-unsaturated/α-hetero) is 1. The van der Waals surface area contributed by atoms with Crippen molar-refractivity contribution in [3.05, 3.63) is 54.1 Å². The van der Waals surface area contributed by atoms with Crippen LogP contribution in [0.1, 0.15) is 12.5 Å². The van der Waals surface area contributed by atoms with Gasteiger partial charge in [-0.3, -0.25) is 4.79 Å². The Morgan fingerprint density at radius 2 is 1.78 bits per heavy atom. The molecule has 1 nitrogen and oxygen atoms in total. The fourth-order valence-corrected chi connectivity index (χ4v) is 2.34. The first kappa shape index (κ1) is 12.9. The van der Waals surface area contributed by atoms with E-state index in [1.165, 1.54) is 16.0 Å². The van der Waals surface area contributed by atoms with Crippen molar-refractivity contribution < 1.29 is 4.79 Å². The summed E-state index contributed by atoms with van der Waals surface area (Å²) < 4.78 is 0. The van der Waals surface area contributed by atoms with Gasteiger partial charge in [0.15, 0.2) is 0 Å². The molecule has 0 fully saturated rings. The summed E-state index contributed by atoms with van der Waals surface area (Å²) in [4.78, 5) is 12.4. The molecule has 0 bridgehead atoms. The first-order valence-electron chi connectivity index (χ1n) is 5.92. The van der Waals surface area contributed by atoms with Crippen molar-refractivity contribution in [2.75, 3.05) is 6.26 Å². The largest absolute Gasteiger partial charge is 0.300 e. The van der Waals surface area contributed by atoms with Gasteiger partial charge in [-0.25, -0.2) is 0 Å². The molecule has 18 heavy (non-hydrogen) atoms. The summed E-state index contributed by atoms with van der Waals surface area (Å²) in [5, 5.41) is 0. The molecule has 2 rings (SSSR count). The zero-order valence-electron chi connectivity index (χ0n) is 10.6. The number of benzene rings is 2. The molecule has 92 valence electrons. The van der Waals surface area contributed by atoms with Crippen LogP contribution in [-0.4, -0.2) is 12.0 Å². The Kier molecular flexibility index (Phi) is 4.21. The average Bonchev–Trinajstić information content (AvgIpc) is 2.38. The molecule has 2 aromatic carbocycles. The molecule has 0 heterocycles. The topological polar surface area (TPSA) is 17.1 Å². The molecule has 0 saturated carbocycles. The normalized spacial score (nSPS) is 10.3. The van der Waals surface area contributed by atoms with Gasteiger partial charge in [0.1, 0.15) is 5.78 Å². The van der Waals surface area contributed by atoms with Crippen molar-refractivity contribution in [1.29, 1.82) is 0 Å². The van der Waals surface area contributed by atoms with Crippen LogP contribution in [0.4, 0.5) is 0 Å². The molecule has 0 aromatic heterocycles. The van der Waals surface area contributed by atoms with Crippen molar-refractivity contribution >= 4 is 17.5 Å². The molecule has 0 aliphatic rings. The second-order valence-electron chi connectivity index (χ2n) is 4.31. The van der Waals surface area contributed by atoms with Crippen LogP contribution < -0.4 is 0 Å². The molecule has 0 saturated heterocycles. The average molecular weight is 256 g/mol. The molecule has 0 aliphatic carbocycles. The quantitative estimate of drug-likeness (QED) is 0.762. The molecule has 0 aliphatic heterocycles. The minimum Gasteiger partial charge on any atom is -0.300 e. The highest BCUT2D eigenvalue weighted by Gasteiger charge is 2.01. The summed E-state index contributed by atoms with van der Waals surface area (Å²) in [6, 6.07) is 16.7. The Labute approximate surface area is 112 Å². The lowest BCUT2D eigenvalue weighted by molar-refractivity contribution is -0.116. The summed E-state index contributed by atoms with van der Waals surface area (Å²) in [6.07, 6.45) is 2.58. The highest BCUT2D eigenvalue weighted by Crippen LogP contribution is 2.23. The molecule has 2 heteroatoms. The lowest BCUT2D eigenvalue weighted by Crippen LogP contribution is -1.96. The van der Waals surface area contributed by atoms with Gasteiger partial charge in [-0.1, -0.05) is 36.4 Å². The van der Waals surface area contributed by atoms with Crippen LogP contribution >= 0.6 is 11.8 Å². The van der Waals surface area contributed by atoms with Crippen LogP contribution in [0.5, 0.6) is 0 Å². The van der Waals surface area contributed by atoms with Gasteiger partial charge in [0.05, 0.1) is 0 Å². The molecular weight excluding hydrogens is 240 g/mol. The van der Waals surface area contributed by atoms with Crippen molar-refractivity contribution in [3.63, 3.8) is 0 Å². The van der Waals surface area contributed by atoms with E-state index in [1.807, 2.05) is 12.1 Å². The van der Waals surface area contributed by atoms with Gasteiger partial charge in [-0.05, 0) is 42.0 Å². The summed E-state index contributed by atoms with van der Waals surface area (Å²) in [7, 11) is 0. The van der Waals surface area contributed by atoms with E-state index in [0.717, 1.165) is 5.56 Å². The molecule has 0 unspecified atom stereocenters. The third kappa shape index (κ3) is 3.23. The Morgan fingerprint density at radius 3 is 2.39 bits per heavy atom. The van der Waals surface area contributed by atoms with Crippen LogP contribution in [-0.2, 0) is 11.2 Å². The van der Waals surface area contributed by atoms with Gasteiger partial charge in [-0.2, -0.15) is 0 Å². The third-order valence-electron chi connectivity index (χ3n) is 2.80. The van der Waals surface area contributed by atoms with Crippen LogP contribution in [0.15, 0.2) is 53.4 Å². The van der Waals surface area contributed by atoms with Gasteiger partial charge >= 0.3 is 0 Å². The van der Waals surface area contributed by atoms with E-state index in [1.54, 1.807) is 18.7 Å².